The fourth-order valence-electron chi connectivity index (χ4n) is 3.43. The summed E-state index contributed by atoms with van der Waals surface area (Å²) in [7, 11) is 1.24. The molecule has 2 heterocycles. The fourth-order valence-corrected chi connectivity index (χ4v) is 5.41. The highest BCUT2D eigenvalue weighted by Gasteiger charge is 2.36. The topological polar surface area (TPSA) is 95.3 Å². The van der Waals surface area contributed by atoms with E-state index in [0.717, 1.165) is 29.4 Å². The number of rotatable bonds is 9. The van der Waals surface area contributed by atoms with E-state index in [0.29, 0.717) is 36.0 Å². The quantitative estimate of drug-likeness (QED) is 0.140. The van der Waals surface area contributed by atoms with Crippen molar-refractivity contribution in [3.05, 3.63) is 83.2 Å². The SMILES string of the molecule is CCOc1cc(/C=C2/SC(=O)N(Cc3ccc(C(=O)OC)o3)C2=O)cc(I)c1OCc1ccc(I)cc1. The van der Waals surface area contributed by atoms with Gasteiger partial charge in [-0.15, -0.1) is 0 Å². The van der Waals surface area contributed by atoms with Crippen molar-refractivity contribution in [3.63, 3.8) is 0 Å². The van der Waals surface area contributed by atoms with Crippen LogP contribution in [0, 0.1) is 7.14 Å². The van der Waals surface area contributed by atoms with Gasteiger partial charge in [-0.25, -0.2) is 4.79 Å². The van der Waals surface area contributed by atoms with Gasteiger partial charge in [-0.3, -0.25) is 14.5 Å². The normalized spacial score (nSPS) is 14.4. The Bertz CT molecular complexity index is 1370. The molecule has 0 unspecified atom stereocenters. The Balaban J connectivity index is 1.52. The molecule has 8 nitrogen and oxygen atoms in total. The van der Waals surface area contributed by atoms with Crippen LogP contribution >= 0.6 is 56.9 Å². The van der Waals surface area contributed by atoms with Gasteiger partial charge in [0.1, 0.15) is 12.4 Å². The third-order valence-corrected chi connectivity index (χ3v) is 7.59. The van der Waals surface area contributed by atoms with Gasteiger partial charge in [0.25, 0.3) is 11.1 Å². The van der Waals surface area contributed by atoms with Gasteiger partial charge in [-0.1, -0.05) is 12.1 Å². The Morgan fingerprint density at radius 1 is 1.08 bits per heavy atom. The molecule has 0 saturated carbocycles. The van der Waals surface area contributed by atoms with Crippen LogP contribution in [0.3, 0.4) is 0 Å². The highest BCUT2D eigenvalue weighted by atomic mass is 127. The maximum atomic E-state index is 13.0. The number of carbonyl (C=O) groups excluding carboxylic acids is 3. The first kappa shape index (κ1) is 27.5. The monoisotopic (exact) mass is 745 g/mol. The van der Waals surface area contributed by atoms with E-state index < -0.39 is 17.1 Å². The zero-order valence-electron chi connectivity index (χ0n) is 19.8. The molecule has 3 aromatic rings. The lowest BCUT2D eigenvalue weighted by atomic mass is 10.1. The molecular formula is C26H21I2NO7S. The molecule has 0 N–H and O–H groups in total. The third-order valence-electron chi connectivity index (χ3n) is 5.16. The molecule has 1 aliphatic rings. The smallest absolute Gasteiger partial charge is 0.373 e. The Labute approximate surface area is 245 Å². The summed E-state index contributed by atoms with van der Waals surface area (Å²) in [5.41, 5.74) is 1.73. The molecule has 2 amide bonds. The van der Waals surface area contributed by atoms with Crippen LogP contribution in [0.25, 0.3) is 6.08 Å². The average Bonchev–Trinajstić information content (AvgIpc) is 3.45. The second-order valence-corrected chi connectivity index (χ2v) is 11.1. The van der Waals surface area contributed by atoms with E-state index in [9.17, 15) is 14.4 Å². The number of furan rings is 1. The van der Waals surface area contributed by atoms with E-state index in [2.05, 4.69) is 49.9 Å². The number of halogens is 2. The van der Waals surface area contributed by atoms with Crippen molar-refractivity contribution in [1.29, 1.82) is 0 Å². The summed E-state index contributed by atoms with van der Waals surface area (Å²) in [5, 5.41) is -0.426. The molecule has 11 heteroatoms. The Morgan fingerprint density at radius 2 is 1.84 bits per heavy atom. The number of ether oxygens (including phenoxy) is 3. The molecule has 2 aromatic carbocycles. The number of benzene rings is 2. The minimum absolute atomic E-state index is 0.00219. The molecule has 37 heavy (non-hydrogen) atoms. The highest BCUT2D eigenvalue weighted by Crippen LogP contribution is 2.38. The number of nitrogens with zero attached hydrogens (tertiary/aromatic N) is 1. The van der Waals surface area contributed by atoms with Gasteiger partial charge in [0.05, 0.1) is 28.7 Å². The van der Waals surface area contributed by atoms with Gasteiger partial charge >= 0.3 is 5.97 Å². The van der Waals surface area contributed by atoms with Crippen LogP contribution in [0.5, 0.6) is 11.5 Å². The van der Waals surface area contributed by atoms with Crippen molar-refractivity contribution in [1.82, 2.24) is 4.90 Å². The number of amides is 2. The summed E-state index contributed by atoms with van der Waals surface area (Å²) in [5.74, 6) is 0.389. The molecule has 192 valence electrons. The minimum atomic E-state index is -0.633. The summed E-state index contributed by atoms with van der Waals surface area (Å²) < 4.78 is 23.9. The second kappa shape index (κ2) is 12.3. The Kier molecular flexibility index (Phi) is 9.18. The van der Waals surface area contributed by atoms with Gasteiger partial charge in [-0.2, -0.15) is 0 Å². The minimum Gasteiger partial charge on any atom is -0.490 e. The maximum absolute atomic E-state index is 13.0. The van der Waals surface area contributed by atoms with E-state index in [-0.39, 0.29) is 17.2 Å². The van der Waals surface area contributed by atoms with Crippen LogP contribution in [0.4, 0.5) is 4.79 Å². The number of methoxy groups -OCH3 is 1. The number of imide groups is 1. The van der Waals surface area contributed by atoms with Gasteiger partial charge in [-0.05, 0) is 117 Å². The number of hydrogen-bond acceptors (Lipinski definition) is 8. The predicted molar refractivity (Wildman–Crippen MR) is 155 cm³/mol. The molecule has 4 rings (SSSR count). The Morgan fingerprint density at radius 3 is 2.54 bits per heavy atom. The summed E-state index contributed by atoms with van der Waals surface area (Å²) in [6, 6.07) is 14.7. The molecule has 0 atom stereocenters. The van der Waals surface area contributed by atoms with Crippen LogP contribution in [0.2, 0.25) is 0 Å². The van der Waals surface area contributed by atoms with E-state index in [4.69, 9.17) is 13.9 Å². The molecule has 1 aromatic heterocycles. The van der Waals surface area contributed by atoms with E-state index in [1.54, 1.807) is 12.1 Å². The molecule has 1 fully saturated rings. The maximum Gasteiger partial charge on any atom is 0.373 e. The molecule has 1 saturated heterocycles. The summed E-state index contributed by atoms with van der Waals surface area (Å²) in [4.78, 5) is 38.5. The molecule has 0 spiro atoms. The van der Waals surface area contributed by atoms with Gasteiger partial charge < -0.3 is 18.6 Å². The van der Waals surface area contributed by atoms with Gasteiger partial charge in [0.2, 0.25) is 5.76 Å². The highest BCUT2D eigenvalue weighted by molar-refractivity contribution is 14.1. The predicted octanol–water partition coefficient (Wildman–Crippen LogP) is 6.49. The van der Waals surface area contributed by atoms with Crippen LogP contribution < -0.4 is 9.47 Å². The van der Waals surface area contributed by atoms with Crippen LogP contribution in [-0.4, -0.2) is 35.7 Å². The zero-order valence-corrected chi connectivity index (χ0v) is 24.9. The summed E-state index contributed by atoms with van der Waals surface area (Å²) >= 11 is 5.27. The average molecular weight is 745 g/mol. The van der Waals surface area contributed by atoms with Crippen molar-refractivity contribution in [2.75, 3.05) is 13.7 Å². The first-order valence-corrected chi connectivity index (χ1v) is 14.0. The fraction of sp³-hybridized carbons (Fsp3) is 0.192. The molecular weight excluding hydrogens is 724 g/mol. The second-order valence-electron chi connectivity index (χ2n) is 7.70. The molecule has 0 aliphatic carbocycles. The van der Waals surface area contributed by atoms with Gasteiger partial charge in [0.15, 0.2) is 11.5 Å². The van der Waals surface area contributed by atoms with Crippen molar-refractivity contribution in [2.24, 2.45) is 0 Å². The van der Waals surface area contributed by atoms with E-state index in [1.807, 2.05) is 37.3 Å². The van der Waals surface area contributed by atoms with Crippen LogP contribution in [0.1, 0.15) is 34.4 Å². The van der Waals surface area contributed by atoms with Crippen molar-refractivity contribution in [3.8, 4) is 11.5 Å². The summed E-state index contributed by atoms with van der Waals surface area (Å²) in [6.45, 7) is 2.61. The van der Waals surface area contributed by atoms with Crippen molar-refractivity contribution >= 4 is 80.1 Å². The van der Waals surface area contributed by atoms with Crippen molar-refractivity contribution < 1.29 is 33.0 Å². The third kappa shape index (κ3) is 6.68. The zero-order chi connectivity index (χ0) is 26.5. The first-order chi connectivity index (χ1) is 17.8. The van der Waals surface area contributed by atoms with Crippen LogP contribution in [-0.2, 0) is 22.7 Å². The summed E-state index contributed by atoms with van der Waals surface area (Å²) in [6.07, 6.45) is 1.65. The lowest BCUT2D eigenvalue weighted by molar-refractivity contribution is -0.123. The molecule has 1 aliphatic heterocycles. The largest absolute Gasteiger partial charge is 0.490 e. The molecule has 0 bridgehead atoms. The molecule has 0 radical (unpaired) electrons. The van der Waals surface area contributed by atoms with E-state index in [1.165, 1.54) is 19.2 Å². The number of thioether (sulfide) groups is 1. The Hall–Kier alpha value is -2.52. The number of esters is 1. The number of carbonyl (C=O) groups is 3. The van der Waals surface area contributed by atoms with E-state index >= 15 is 0 Å². The van der Waals surface area contributed by atoms with Crippen molar-refractivity contribution in [2.45, 2.75) is 20.1 Å². The first-order valence-electron chi connectivity index (χ1n) is 11.0. The number of hydrogen-bond donors (Lipinski definition) is 0. The van der Waals surface area contributed by atoms with Gasteiger partial charge in [0, 0.05) is 3.57 Å². The lowest BCUT2D eigenvalue weighted by Crippen LogP contribution is -2.27. The lowest BCUT2D eigenvalue weighted by Gasteiger charge is -2.15. The standard InChI is InChI=1S/C26H21I2NO7S/c1-3-34-21-11-16(10-19(28)23(21)35-14-15-4-6-17(27)7-5-15)12-22-24(30)29(26(32)37-22)13-18-8-9-20(36-18)25(31)33-2/h4-12H,3,13-14H2,1-2H3/b22-12+. The van der Waals surface area contributed by atoms with Crippen LogP contribution in [0.15, 0.2) is 57.9 Å².